The SMILES string of the molecule is CCOC(=O)C1=C(C2CCC(c3cc(C(=O)OCC)no3)CC2)NC(c2nccs2)=NC1c1ccc(F)c(F)c1Cl. The number of carbonyl (C=O) groups excluding carboxylic acids is 2. The van der Waals surface area contributed by atoms with E-state index in [2.05, 4.69) is 15.5 Å². The van der Waals surface area contributed by atoms with Crippen LogP contribution in [0.2, 0.25) is 5.02 Å². The molecule has 1 N–H and O–H groups in total. The average molecular weight is 605 g/mol. The van der Waals surface area contributed by atoms with Gasteiger partial charge < -0.3 is 19.3 Å². The van der Waals surface area contributed by atoms with Gasteiger partial charge in [-0.15, -0.1) is 11.3 Å². The molecule has 1 aliphatic carbocycles. The van der Waals surface area contributed by atoms with Crippen LogP contribution in [-0.4, -0.2) is 41.1 Å². The zero-order valence-electron chi connectivity index (χ0n) is 22.3. The van der Waals surface area contributed by atoms with Gasteiger partial charge in [0.25, 0.3) is 0 Å². The van der Waals surface area contributed by atoms with Crippen LogP contribution in [-0.2, 0) is 14.3 Å². The number of hydrogen-bond acceptors (Lipinski definition) is 10. The fourth-order valence-electron chi connectivity index (χ4n) is 5.20. The van der Waals surface area contributed by atoms with Gasteiger partial charge in [-0.1, -0.05) is 22.8 Å². The molecule has 0 spiro atoms. The van der Waals surface area contributed by atoms with Crippen molar-refractivity contribution in [3.05, 3.63) is 79.7 Å². The van der Waals surface area contributed by atoms with Crippen LogP contribution in [0.15, 0.2) is 50.6 Å². The predicted molar refractivity (Wildman–Crippen MR) is 147 cm³/mol. The predicted octanol–water partition coefficient (Wildman–Crippen LogP) is 6.12. The molecule has 0 radical (unpaired) electrons. The van der Waals surface area contributed by atoms with Crippen LogP contribution in [0.4, 0.5) is 8.78 Å². The average Bonchev–Trinajstić information content (AvgIpc) is 3.69. The lowest BCUT2D eigenvalue weighted by Gasteiger charge is -2.34. The van der Waals surface area contributed by atoms with E-state index in [1.165, 1.54) is 17.4 Å². The first-order valence-corrected chi connectivity index (χ1v) is 14.5. The standard InChI is InChI=1S/C28H27ClF2N4O5S/c1-3-38-27(36)18-13-19(40-35-18)14-5-7-15(8-6-14)23-20(28(37)39-4-2)24(16-9-10-17(30)22(31)21(16)29)34-25(33-23)26-32-11-12-41-26/h9-15,24H,3-8H2,1-2H3,(H,33,34). The first kappa shape index (κ1) is 28.9. The summed E-state index contributed by atoms with van der Waals surface area (Å²) >= 11 is 7.62. The molecule has 1 atom stereocenters. The zero-order valence-corrected chi connectivity index (χ0v) is 23.9. The first-order valence-electron chi connectivity index (χ1n) is 13.2. The van der Waals surface area contributed by atoms with Gasteiger partial charge in [0, 0.05) is 34.8 Å². The molecule has 5 rings (SSSR count). The second-order valence-electron chi connectivity index (χ2n) is 9.54. The van der Waals surface area contributed by atoms with E-state index < -0.39 is 34.6 Å². The molecule has 0 bridgehead atoms. The summed E-state index contributed by atoms with van der Waals surface area (Å²) in [5.74, 6) is -2.61. The van der Waals surface area contributed by atoms with E-state index in [1.54, 1.807) is 31.5 Å². The van der Waals surface area contributed by atoms with E-state index in [1.807, 2.05) is 0 Å². The largest absolute Gasteiger partial charge is 0.463 e. The number of amidine groups is 1. The highest BCUT2D eigenvalue weighted by atomic mass is 35.5. The summed E-state index contributed by atoms with van der Waals surface area (Å²) in [4.78, 5) is 34.5. The number of benzene rings is 1. The molecule has 1 aliphatic heterocycles. The molecule has 2 aliphatic rings. The van der Waals surface area contributed by atoms with Crippen molar-refractivity contribution in [2.75, 3.05) is 13.2 Å². The fourth-order valence-corrected chi connectivity index (χ4v) is 6.04. The summed E-state index contributed by atoms with van der Waals surface area (Å²) in [5.41, 5.74) is 1.04. The molecule has 1 fully saturated rings. The molecule has 13 heteroatoms. The number of nitrogens with zero attached hydrogens (tertiary/aromatic N) is 3. The first-order chi connectivity index (χ1) is 19.8. The minimum absolute atomic E-state index is 0.0145. The van der Waals surface area contributed by atoms with Crippen molar-refractivity contribution in [1.29, 1.82) is 0 Å². The number of halogens is 3. The summed E-state index contributed by atoms with van der Waals surface area (Å²) in [6, 6.07) is 2.86. The van der Waals surface area contributed by atoms with Crippen molar-refractivity contribution in [3.8, 4) is 0 Å². The number of carbonyl (C=O) groups is 2. The minimum Gasteiger partial charge on any atom is -0.463 e. The summed E-state index contributed by atoms with van der Waals surface area (Å²) in [7, 11) is 0. The number of aromatic nitrogens is 2. The van der Waals surface area contributed by atoms with Crippen LogP contribution in [0.1, 0.15) is 78.3 Å². The van der Waals surface area contributed by atoms with E-state index in [0.717, 1.165) is 6.07 Å². The van der Waals surface area contributed by atoms with E-state index in [4.69, 9.17) is 30.6 Å². The van der Waals surface area contributed by atoms with Gasteiger partial charge in [-0.25, -0.2) is 23.4 Å². The maximum absolute atomic E-state index is 14.6. The summed E-state index contributed by atoms with van der Waals surface area (Å²) in [6.07, 6.45) is 4.29. The molecule has 3 heterocycles. The van der Waals surface area contributed by atoms with E-state index >= 15 is 0 Å². The lowest BCUT2D eigenvalue weighted by molar-refractivity contribution is -0.139. The fraction of sp³-hybridized carbons (Fsp3) is 0.393. The summed E-state index contributed by atoms with van der Waals surface area (Å²) in [5, 5.41) is 9.07. The third-order valence-corrected chi connectivity index (χ3v) is 8.28. The summed E-state index contributed by atoms with van der Waals surface area (Å²) in [6.45, 7) is 3.75. The number of rotatable bonds is 8. The molecule has 1 saturated carbocycles. The van der Waals surface area contributed by atoms with Crippen molar-refractivity contribution < 1.29 is 32.4 Å². The van der Waals surface area contributed by atoms with Crippen LogP contribution in [0, 0.1) is 17.6 Å². The Morgan fingerprint density at radius 2 is 1.80 bits per heavy atom. The van der Waals surface area contributed by atoms with Gasteiger partial charge in [0.2, 0.25) is 0 Å². The van der Waals surface area contributed by atoms with Crippen molar-refractivity contribution in [2.24, 2.45) is 10.9 Å². The Hall–Kier alpha value is -3.64. The lowest BCUT2D eigenvalue weighted by atomic mass is 9.77. The van der Waals surface area contributed by atoms with E-state index in [9.17, 15) is 18.4 Å². The quantitative estimate of drug-likeness (QED) is 0.241. The topological polar surface area (TPSA) is 116 Å². The Morgan fingerprint density at radius 1 is 1.10 bits per heavy atom. The second-order valence-corrected chi connectivity index (χ2v) is 10.8. The molecule has 216 valence electrons. The molecule has 0 amide bonds. The van der Waals surface area contributed by atoms with Crippen molar-refractivity contribution in [2.45, 2.75) is 51.5 Å². The Morgan fingerprint density at radius 3 is 2.49 bits per heavy atom. The normalized spacial score (nSPS) is 20.8. The number of thiazole rings is 1. The molecular formula is C28H27ClF2N4O5S. The smallest absolute Gasteiger partial charge is 0.360 e. The highest BCUT2D eigenvalue weighted by Gasteiger charge is 2.39. The number of esters is 2. The highest BCUT2D eigenvalue weighted by molar-refractivity contribution is 7.11. The minimum atomic E-state index is -1.21. The molecule has 3 aromatic rings. The molecule has 0 saturated heterocycles. The van der Waals surface area contributed by atoms with Crippen LogP contribution in [0.3, 0.4) is 0 Å². The molecule has 9 nitrogen and oxygen atoms in total. The lowest BCUT2D eigenvalue weighted by Crippen LogP contribution is -2.38. The van der Waals surface area contributed by atoms with Gasteiger partial charge >= 0.3 is 11.9 Å². The van der Waals surface area contributed by atoms with Gasteiger partial charge in [-0.3, -0.25) is 4.99 Å². The van der Waals surface area contributed by atoms with Crippen LogP contribution < -0.4 is 5.32 Å². The van der Waals surface area contributed by atoms with Gasteiger partial charge in [0.05, 0.1) is 23.8 Å². The number of allylic oxidation sites excluding steroid dienone is 1. The molecular weight excluding hydrogens is 578 g/mol. The Kier molecular flexibility index (Phi) is 8.79. The van der Waals surface area contributed by atoms with Gasteiger partial charge in [-0.2, -0.15) is 0 Å². The Labute approximate surface area is 243 Å². The van der Waals surface area contributed by atoms with Crippen molar-refractivity contribution >= 4 is 40.7 Å². The van der Waals surface area contributed by atoms with Crippen LogP contribution in [0.5, 0.6) is 0 Å². The number of aliphatic imine (C=N–C) groups is 1. The maximum Gasteiger partial charge on any atom is 0.360 e. The number of hydrogen-bond donors (Lipinski definition) is 1. The molecule has 1 unspecified atom stereocenters. The third kappa shape index (κ3) is 5.89. The Balaban J connectivity index is 1.50. The van der Waals surface area contributed by atoms with Gasteiger partial charge in [-0.05, 0) is 51.5 Å². The Bertz CT molecular complexity index is 1500. The third-order valence-electron chi connectivity index (χ3n) is 7.12. The van der Waals surface area contributed by atoms with E-state index in [0.29, 0.717) is 48.0 Å². The summed E-state index contributed by atoms with van der Waals surface area (Å²) < 4.78 is 44.4. The molecule has 41 heavy (non-hydrogen) atoms. The van der Waals surface area contributed by atoms with E-state index in [-0.39, 0.29) is 41.9 Å². The van der Waals surface area contributed by atoms with Crippen LogP contribution in [0.25, 0.3) is 0 Å². The van der Waals surface area contributed by atoms with Crippen LogP contribution >= 0.6 is 22.9 Å². The monoisotopic (exact) mass is 604 g/mol. The van der Waals surface area contributed by atoms with Crippen molar-refractivity contribution in [1.82, 2.24) is 15.5 Å². The highest BCUT2D eigenvalue weighted by Crippen LogP contribution is 2.44. The van der Waals surface area contributed by atoms with Gasteiger partial charge in [0.15, 0.2) is 28.2 Å². The molecule has 2 aromatic heterocycles. The zero-order chi connectivity index (χ0) is 29.1. The number of ether oxygens (including phenoxy) is 2. The second kappa shape index (κ2) is 12.5. The van der Waals surface area contributed by atoms with Gasteiger partial charge in [0.1, 0.15) is 11.8 Å². The van der Waals surface area contributed by atoms with Crippen molar-refractivity contribution in [3.63, 3.8) is 0 Å². The number of nitrogens with one attached hydrogen (secondary N) is 1. The molecule has 1 aromatic carbocycles. The maximum atomic E-state index is 14.6.